The van der Waals surface area contributed by atoms with E-state index in [1.165, 1.54) is 12.1 Å². The van der Waals surface area contributed by atoms with E-state index >= 15 is 0 Å². The van der Waals surface area contributed by atoms with Gasteiger partial charge in [0, 0.05) is 57.7 Å². The molecule has 4 aromatic rings. The molecule has 0 radical (unpaired) electrons. The second-order valence-electron chi connectivity index (χ2n) is 11.4. The molecule has 0 atom stereocenters. The van der Waals surface area contributed by atoms with Gasteiger partial charge in [0.1, 0.15) is 28.0 Å². The quantitative estimate of drug-likeness (QED) is 0.102. The Hall–Kier alpha value is -4.97. The number of rotatable bonds is 8. The maximum atomic E-state index is 12.4. The average Bonchev–Trinajstić information content (AvgIpc) is 3.01. The first-order valence-corrected chi connectivity index (χ1v) is 18.2. The number of nitrogens with one attached hydrogen (secondary N) is 2. The van der Waals surface area contributed by atoms with Crippen molar-refractivity contribution < 1.29 is 25.8 Å². The van der Waals surface area contributed by atoms with Gasteiger partial charge < -0.3 is 14.3 Å². The van der Waals surface area contributed by atoms with E-state index < -0.39 is 20.1 Å². The number of nitrogens with zero attached hydrogens (tertiary/aromatic N) is 1. The summed E-state index contributed by atoms with van der Waals surface area (Å²) < 4.78 is 72.1. The molecule has 0 fully saturated rings. The smallest absolute Gasteiger partial charge is 0.229 e. The number of hydrogen-bond donors (Lipinski definition) is 2. The third-order valence-corrected chi connectivity index (χ3v) is 9.39. The van der Waals surface area contributed by atoms with Crippen LogP contribution in [0.4, 0.5) is 22.7 Å². The molecule has 2 N–H and O–H groups in total. The molecule has 1 heterocycles. The summed E-state index contributed by atoms with van der Waals surface area (Å²) in [6.07, 6.45) is 1.09. The maximum absolute atomic E-state index is 12.4. The van der Waals surface area contributed by atoms with E-state index in [0.29, 0.717) is 51.5 Å². The largest absolute Gasteiger partial charge is 0.744 e. The lowest BCUT2D eigenvalue weighted by Crippen LogP contribution is -2.25. The van der Waals surface area contributed by atoms with Gasteiger partial charge >= 0.3 is 0 Å². The van der Waals surface area contributed by atoms with Crippen molar-refractivity contribution in [2.75, 3.05) is 22.8 Å². The predicted molar refractivity (Wildman–Crippen MR) is 186 cm³/mol. The van der Waals surface area contributed by atoms with E-state index in [2.05, 4.69) is 27.6 Å². The maximum Gasteiger partial charge on any atom is 0.229 e. The molecule has 0 amide bonds. The van der Waals surface area contributed by atoms with Gasteiger partial charge in [0.15, 0.2) is 0 Å². The fourth-order valence-electron chi connectivity index (χ4n) is 5.81. The molecule has 47 heavy (non-hydrogen) atoms. The van der Waals surface area contributed by atoms with E-state index in [0.717, 1.165) is 28.4 Å². The van der Waals surface area contributed by atoms with Crippen LogP contribution in [0.5, 0.6) is 0 Å². The molecule has 2 aliphatic rings. The Kier molecular flexibility index (Phi) is 8.39. The molecule has 1 aliphatic carbocycles. The summed E-state index contributed by atoms with van der Waals surface area (Å²) in [6.45, 7) is 6.69. The molecule has 9 nitrogen and oxygen atoms in total. The number of hydrogen-bond acceptors (Lipinski definition) is 7. The van der Waals surface area contributed by atoms with Gasteiger partial charge in [-0.25, -0.2) is 16.8 Å². The molecule has 0 saturated carbocycles. The van der Waals surface area contributed by atoms with Crippen molar-refractivity contribution in [1.82, 2.24) is 4.58 Å². The Labute approximate surface area is 274 Å². The van der Waals surface area contributed by atoms with E-state index in [4.69, 9.17) is 4.42 Å². The molecule has 0 aromatic heterocycles. The highest BCUT2D eigenvalue weighted by molar-refractivity contribution is 7.92. The number of fused-ring (bicyclic) bond motifs is 2. The van der Waals surface area contributed by atoms with Gasteiger partial charge in [-0.1, -0.05) is 36.4 Å². The molecular weight excluding hydrogens is 635 g/mol. The first kappa shape index (κ1) is 32.0. The zero-order valence-electron chi connectivity index (χ0n) is 26.2. The Balaban J connectivity index is 1.60. The Morgan fingerprint density at radius 3 is 2.28 bits per heavy atom. The van der Waals surface area contributed by atoms with Crippen LogP contribution in [0.3, 0.4) is 0 Å². The lowest BCUT2D eigenvalue weighted by molar-refractivity contribution is 0.463. The summed E-state index contributed by atoms with van der Waals surface area (Å²) in [5.74, 6) is 0.502. The van der Waals surface area contributed by atoms with Crippen LogP contribution >= 0.6 is 0 Å². The van der Waals surface area contributed by atoms with Crippen LogP contribution in [0.2, 0.25) is 0 Å². The zero-order valence-corrected chi connectivity index (χ0v) is 27.9. The van der Waals surface area contributed by atoms with Crippen LogP contribution in [0.15, 0.2) is 112 Å². The number of aryl methyl sites for hydroxylation is 2. The Morgan fingerprint density at radius 1 is 0.787 bits per heavy atom. The lowest BCUT2D eigenvalue weighted by Gasteiger charge is -2.19. The number of sulfonamides is 1. The van der Waals surface area contributed by atoms with Crippen LogP contribution in [0, 0.1) is 13.8 Å². The summed E-state index contributed by atoms with van der Waals surface area (Å²) in [6, 6.07) is 30.8. The molecule has 0 unspecified atom stereocenters. The molecule has 11 heteroatoms. The minimum atomic E-state index is -4.81. The fraction of sp³-hybridized carbons (Fsp3) is 0.139. The highest BCUT2D eigenvalue weighted by Crippen LogP contribution is 2.43. The summed E-state index contributed by atoms with van der Waals surface area (Å²) >= 11 is 0. The van der Waals surface area contributed by atoms with Gasteiger partial charge in [0.2, 0.25) is 21.1 Å². The minimum absolute atomic E-state index is 0.281. The summed E-state index contributed by atoms with van der Waals surface area (Å²) in [7, 11) is -8.27. The van der Waals surface area contributed by atoms with Crippen molar-refractivity contribution in [2.24, 2.45) is 0 Å². The van der Waals surface area contributed by atoms with Gasteiger partial charge in [-0.2, -0.15) is 4.58 Å². The topological polar surface area (TPSA) is 132 Å². The van der Waals surface area contributed by atoms with Crippen LogP contribution in [0.1, 0.15) is 18.1 Å². The van der Waals surface area contributed by atoms with Crippen molar-refractivity contribution in [3.05, 3.63) is 120 Å². The van der Waals surface area contributed by atoms with Crippen LogP contribution in [-0.2, 0) is 20.1 Å². The second kappa shape index (κ2) is 12.3. The third-order valence-electron chi connectivity index (χ3n) is 7.89. The first-order chi connectivity index (χ1) is 22.3. The molecule has 0 spiro atoms. The summed E-state index contributed by atoms with van der Waals surface area (Å²) in [4.78, 5) is -0.319. The SMILES string of the molecule is CC[N+](c1cccc(C)c1)=c1ccc2c(-c3ccccc3S(=O)(=O)[O-])c3ccc(Nc4cc(NS(C)(=O)=O)ccc4C)cc3oc-2c1. The monoisotopic (exact) mass is 667 g/mol. The molecule has 240 valence electrons. The Bertz CT molecular complexity index is 2430. The minimum Gasteiger partial charge on any atom is -0.744 e. The van der Waals surface area contributed by atoms with E-state index in [9.17, 15) is 21.4 Å². The van der Waals surface area contributed by atoms with Gasteiger partial charge in [0.25, 0.3) is 0 Å². The van der Waals surface area contributed by atoms with Crippen molar-refractivity contribution in [3.8, 4) is 22.5 Å². The fourth-order valence-corrected chi connectivity index (χ4v) is 7.05. The highest BCUT2D eigenvalue weighted by Gasteiger charge is 2.22. The first-order valence-electron chi connectivity index (χ1n) is 14.9. The molecule has 0 saturated heterocycles. The standard InChI is InChI=1S/C36H33N3O6S2/c1-5-39(27-10-8-9-23(2)19-27)28-16-18-30-34(22-28)45-33-21-25(37-32-20-26(14-13-24(32)3)38-46(4,40)41)15-17-29(33)36(30)31-11-6-7-12-35(31)47(42,43)44/h6-22,38H,5H2,1-4H3,(H,42,43,44). The van der Waals surface area contributed by atoms with E-state index in [-0.39, 0.29) is 10.5 Å². The van der Waals surface area contributed by atoms with Crippen molar-refractivity contribution >= 4 is 53.9 Å². The van der Waals surface area contributed by atoms with Gasteiger partial charge in [0.05, 0.1) is 22.9 Å². The average molecular weight is 668 g/mol. The third kappa shape index (κ3) is 6.78. The Morgan fingerprint density at radius 2 is 1.55 bits per heavy atom. The second-order valence-corrected chi connectivity index (χ2v) is 14.5. The van der Waals surface area contributed by atoms with Crippen LogP contribution in [-0.4, -0.2) is 34.2 Å². The molecule has 6 rings (SSSR count). The molecule has 4 aromatic carbocycles. The van der Waals surface area contributed by atoms with Crippen LogP contribution in [0.25, 0.3) is 33.4 Å². The van der Waals surface area contributed by atoms with Crippen molar-refractivity contribution in [3.63, 3.8) is 0 Å². The van der Waals surface area contributed by atoms with E-state index in [1.54, 1.807) is 30.3 Å². The normalized spacial score (nSPS) is 12.7. The zero-order chi connectivity index (χ0) is 33.5. The summed E-state index contributed by atoms with van der Waals surface area (Å²) in [5.41, 5.74) is 6.72. The van der Waals surface area contributed by atoms with Gasteiger partial charge in [-0.3, -0.25) is 4.72 Å². The molecule has 1 aliphatic heterocycles. The van der Waals surface area contributed by atoms with Crippen LogP contribution < -0.4 is 20.0 Å². The van der Waals surface area contributed by atoms with Gasteiger partial charge in [-0.15, -0.1) is 0 Å². The van der Waals surface area contributed by atoms with Crippen molar-refractivity contribution in [2.45, 2.75) is 25.7 Å². The summed E-state index contributed by atoms with van der Waals surface area (Å²) in [5, 5.41) is 4.84. The van der Waals surface area contributed by atoms with E-state index in [1.807, 2.05) is 68.4 Å². The van der Waals surface area contributed by atoms with Gasteiger partial charge in [-0.05, 0) is 68.3 Å². The van der Waals surface area contributed by atoms with Crippen molar-refractivity contribution in [1.29, 1.82) is 0 Å². The lowest BCUT2D eigenvalue weighted by atomic mass is 9.93. The predicted octanol–water partition coefficient (Wildman–Crippen LogP) is 6.96. The molecular formula is C36H33N3O6S2. The highest BCUT2D eigenvalue weighted by atomic mass is 32.2. The number of benzene rings is 5. The number of anilines is 3. The molecule has 0 bridgehead atoms.